The van der Waals surface area contributed by atoms with E-state index in [2.05, 4.69) is 15.3 Å². The molecule has 1 rings (SSSR count). The zero-order valence-electron chi connectivity index (χ0n) is 7.94. The summed E-state index contributed by atoms with van der Waals surface area (Å²) in [5.41, 5.74) is 5.95. The lowest BCUT2D eigenvalue weighted by Gasteiger charge is -2.02. The van der Waals surface area contributed by atoms with Gasteiger partial charge in [0.05, 0.1) is 18.1 Å². The van der Waals surface area contributed by atoms with Crippen LogP contribution in [0.3, 0.4) is 0 Å². The number of hydrogen-bond donors (Lipinski definition) is 2. The molecule has 1 amide bonds. The average Bonchev–Trinajstić information content (AvgIpc) is 2.20. The van der Waals surface area contributed by atoms with Crippen molar-refractivity contribution >= 4 is 11.6 Å². The number of hydrogen-bond acceptors (Lipinski definition) is 4. The molecule has 1 aromatic heterocycles. The van der Waals surface area contributed by atoms with E-state index in [1.54, 1.807) is 12.4 Å². The van der Waals surface area contributed by atoms with Gasteiger partial charge >= 0.3 is 0 Å². The molecule has 0 unspecified atom stereocenters. The van der Waals surface area contributed by atoms with E-state index >= 15 is 0 Å². The lowest BCUT2D eigenvalue weighted by Crippen LogP contribution is -2.12. The van der Waals surface area contributed by atoms with Gasteiger partial charge in [-0.2, -0.15) is 0 Å². The van der Waals surface area contributed by atoms with E-state index in [1.165, 1.54) is 6.33 Å². The molecule has 0 radical (unpaired) electrons. The smallest absolute Gasteiger partial charge is 0.224 e. The molecule has 0 fully saturated rings. The number of carbonyl (C=O) groups is 1. The van der Waals surface area contributed by atoms with Gasteiger partial charge in [-0.25, -0.2) is 9.97 Å². The number of amides is 1. The van der Waals surface area contributed by atoms with E-state index in [9.17, 15) is 4.79 Å². The second-order valence-electron chi connectivity index (χ2n) is 2.92. The van der Waals surface area contributed by atoms with Crippen LogP contribution >= 0.6 is 0 Å². The SMILES string of the molecule is NCCCCC(=O)Nc1cncnc1. The molecule has 3 N–H and O–H groups in total. The predicted octanol–water partition coefficient (Wildman–Crippen LogP) is 0.544. The number of aromatic nitrogens is 2. The van der Waals surface area contributed by atoms with Gasteiger partial charge in [0.25, 0.3) is 0 Å². The second-order valence-corrected chi connectivity index (χ2v) is 2.92. The highest BCUT2D eigenvalue weighted by Gasteiger charge is 2.01. The van der Waals surface area contributed by atoms with Gasteiger partial charge < -0.3 is 11.1 Å². The zero-order valence-corrected chi connectivity index (χ0v) is 7.94. The molecule has 0 saturated heterocycles. The molecular weight excluding hydrogens is 180 g/mol. The van der Waals surface area contributed by atoms with E-state index in [0.717, 1.165) is 12.8 Å². The molecule has 0 aliphatic rings. The van der Waals surface area contributed by atoms with Gasteiger partial charge in [0.15, 0.2) is 0 Å². The first-order valence-electron chi connectivity index (χ1n) is 4.58. The molecular formula is C9H14N4O. The molecule has 5 heteroatoms. The maximum Gasteiger partial charge on any atom is 0.224 e. The van der Waals surface area contributed by atoms with Gasteiger partial charge in [-0.1, -0.05) is 0 Å². The lowest BCUT2D eigenvalue weighted by atomic mass is 10.2. The normalized spacial score (nSPS) is 9.79. The fourth-order valence-corrected chi connectivity index (χ4v) is 1.02. The Kier molecular flexibility index (Phi) is 4.57. The van der Waals surface area contributed by atoms with Crippen molar-refractivity contribution in [1.29, 1.82) is 0 Å². The van der Waals surface area contributed by atoms with Crippen LogP contribution in [-0.2, 0) is 4.79 Å². The molecule has 1 heterocycles. The second kappa shape index (κ2) is 6.04. The van der Waals surface area contributed by atoms with Crippen LogP contribution in [0, 0.1) is 0 Å². The Morgan fingerprint density at radius 1 is 1.36 bits per heavy atom. The van der Waals surface area contributed by atoms with Crippen LogP contribution in [0.15, 0.2) is 18.7 Å². The summed E-state index contributed by atoms with van der Waals surface area (Å²) in [5, 5.41) is 2.70. The van der Waals surface area contributed by atoms with Crippen molar-refractivity contribution in [3.63, 3.8) is 0 Å². The Bertz CT molecular complexity index is 275. The van der Waals surface area contributed by atoms with Gasteiger partial charge in [-0.3, -0.25) is 4.79 Å². The van der Waals surface area contributed by atoms with Crippen molar-refractivity contribution < 1.29 is 4.79 Å². The number of nitrogens with two attached hydrogens (primary N) is 1. The number of nitrogens with zero attached hydrogens (tertiary/aromatic N) is 2. The van der Waals surface area contributed by atoms with Crippen molar-refractivity contribution in [1.82, 2.24) is 9.97 Å². The quantitative estimate of drug-likeness (QED) is 0.670. The maximum atomic E-state index is 11.3. The largest absolute Gasteiger partial charge is 0.330 e. The van der Waals surface area contributed by atoms with Crippen LogP contribution in [0.2, 0.25) is 0 Å². The van der Waals surface area contributed by atoms with Crippen LogP contribution in [0.25, 0.3) is 0 Å². The molecule has 0 saturated carbocycles. The summed E-state index contributed by atoms with van der Waals surface area (Å²) in [6.45, 7) is 0.627. The summed E-state index contributed by atoms with van der Waals surface area (Å²) in [6.07, 6.45) is 6.73. The molecule has 0 bridgehead atoms. The van der Waals surface area contributed by atoms with E-state index in [0.29, 0.717) is 18.7 Å². The van der Waals surface area contributed by atoms with E-state index in [1.807, 2.05) is 0 Å². The highest BCUT2D eigenvalue weighted by atomic mass is 16.1. The Hall–Kier alpha value is -1.49. The van der Waals surface area contributed by atoms with Crippen LogP contribution in [0.5, 0.6) is 0 Å². The van der Waals surface area contributed by atoms with Crippen molar-refractivity contribution in [2.45, 2.75) is 19.3 Å². The lowest BCUT2D eigenvalue weighted by molar-refractivity contribution is -0.116. The fraction of sp³-hybridized carbons (Fsp3) is 0.444. The number of anilines is 1. The number of nitrogens with one attached hydrogen (secondary N) is 1. The Morgan fingerprint density at radius 2 is 2.07 bits per heavy atom. The van der Waals surface area contributed by atoms with Gasteiger partial charge in [0, 0.05) is 6.42 Å². The van der Waals surface area contributed by atoms with E-state index in [-0.39, 0.29) is 5.91 Å². The number of unbranched alkanes of at least 4 members (excludes halogenated alkanes) is 1. The molecule has 0 spiro atoms. The summed E-state index contributed by atoms with van der Waals surface area (Å²) in [6, 6.07) is 0. The summed E-state index contributed by atoms with van der Waals surface area (Å²) < 4.78 is 0. The summed E-state index contributed by atoms with van der Waals surface area (Å²) in [7, 11) is 0. The topological polar surface area (TPSA) is 80.9 Å². The van der Waals surface area contributed by atoms with Gasteiger partial charge in [0.2, 0.25) is 5.91 Å². The maximum absolute atomic E-state index is 11.3. The third kappa shape index (κ3) is 3.95. The average molecular weight is 194 g/mol. The molecule has 14 heavy (non-hydrogen) atoms. The molecule has 0 aliphatic carbocycles. The minimum Gasteiger partial charge on any atom is -0.330 e. The van der Waals surface area contributed by atoms with Crippen LogP contribution in [0.1, 0.15) is 19.3 Å². The predicted molar refractivity (Wildman–Crippen MR) is 53.6 cm³/mol. The third-order valence-electron chi connectivity index (χ3n) is 1.70. The van der Waals surface area contributed by atoms with E-state index in [4.69, 9.17) is 5.73 Å². The first-order chi connectivity index (χ1) is 6.83. The van der Waals surface area contributed by atoms with Gasteiger partial charge in [-0.05, 0) is 19.4 Å². The molecule has 5 nitrogen and oxygen atoms in total. The van der Waals surface area contributed by atoms with E-state index < -0.39 is 0 Å². The minimum absolute atomic E-state index is 0.0201. The first kappa shape index (κ1) is 10.6. The molecule has 1 aromatic rings. The highest BCUT2D eigenvalue weighted by Crippen LogP contribution is 2.02. The van der Waals surface area contributed by atoms with Crippen LogP contribution in [0.4, 0.5) is 5.69 Å². The van der Waals surface area contributed by atoms with Crippen LogP contribution < -0.4 is 11.1 Å². The molecule has 0 atom stereocenters. The first-order valence-corrected chi connectivity index (χ1v) is 4.58. The molecule has 76 valence electrons. The third-order valence-corrected chi connectivity index (χ3v) is 1.70. The summed E-state index contributed by atoms with van der Waals surface area (Å²) >= 11 is 0. The Balaban J connectivity index is 2.27. The molecule has 0 aliphatic heterocycles. The van der Waals surface area contributed by atoms with Gasteiger partial charge in [-0.15, -0.1) is 0 Å². The number of carbonyl (C=O) groups excluding carboxylic acids is 1. The van der Waals surface area contributed by atoms with Gasteiger partial charge in [0.1, 0.15) is 6.33 Å². The standard InChI is InChI=1S/C9H14N4O/c10-4-2-1-3-9(14)13-8-5-11-7-12-6-8/h5-7H,1-4,10H2,(H,13,14). The number of rotatable bonds is 5. The minimum atomic E-state index is -0.0201. The Labute approximate surface area is 82.7 Å². The van der Waals surface area contributed by atoms with Crippen LogP contribution in [-0.4, -0.2) is 22.4 Å². The Morgan fingerprint density at radius 3 is 2.71 bits per heavy atom. The summed E-state index contributed by atoms with van der Waals surface area (Å²) in [5.74, 6) is -0.0201. The van der Waals surface area contributed by atoms with Crippen molar-refractivity contribution in [2.75, 3.05) is 11.9 Å². The summed E-state index contributed by atoms with van der Waals surface area (Å²) in [4.78, 5) is 18.9. The van der Waals surface area contributed by atoms with Crippen molar-refractivity contribution in [3.05, 3.63) is 18.7 Å². The van der Waals surface area contributed by atoms with Crippen molar-refractivity contribution in [3.8, 4) is 0 Å². The monoisotopic (exact) mass is 194 g/mol. The highest BCUT2D eigenvalue weighted by molar-refractivity contribution is 5.90. The molecule has 0 aromatic carbocycles. The fourth-order valence-electron chi connectivity index (χ4n) is 1.02. The zero-order chi connectivity index (χ0) is 10.2. The van der Waals surface area contributed by atoms with Crippen molar-refractivity contribution in [2.24, 2.45) is 5.73 Å².